The number of hydrogen-bond donors (Lipinski definition) is 2. The molecule has 210 valence electrons. The van der Waals surface area contributed by atoms with Crippen molar-refractivity contribution in [3.8, 4) is 11.1 Å². The van der Waals surface area contributed by atoms with Crippen LogP contribution in [0, 0.1) is 12.8 Å². The second-order valence-corrected chi connectivity index (χ2v) is 11.7. The molecule has 2 N–H and O–H groups in total. The number of sulfonamides is 1. The van der Waals surface area contributed by atoms with Crippen LogP contribution in [-0.2, 0) is 19.6 Å². The Hall–Kier alpha value is -4.15. The second-order valence-electron chi connectivity index (χ2n) is 10.0. The van der Waals surface area contributed by atoms with Crippen LogP contribution in [-0.4, -0.2) is 47.5 Å². The zero-order valence-electron chi connectivity index (χ0n) is 23.3. The highest BCUT2D eigenvalue weighted by Crippen LogP contribution is 2.33. The number of carbonyl (C=O) groups is 2. The monoisotopic (exact) mass is 563 g/mol. The summed E-state index contributed by atoms with van der Waals surface area (Å²) >= 11 is 0. The van der Waals surface area contributed by atoms with Gasteiger partial charge in [-0.05, 0) is 60.4 Å². The lowest BCUT2D eigenvalue weighted by molar-refractivity contribution is -0.143. The number of ether oxygens (including phenoxy) is 1. The van der Waals surface area contributed by atoms with Crippen LogP contribution in [0.4, 0.5) is 11.4 Å². The molecule has 3 aromatic carbocycles. The van der Waals surface area contributed by atoms with Crippen molar-refractivity contribution in [3.63, 3.8) is 0 Å². The van der Waals surface area contributed by atoms with E-state index in [1.807, 2.05) is 56.3 Å². The van der Waals surface area contributed by atoms with Crippen LogP contribution < -0.4 is 14.9 Å². The molecule has 0 saturated heterocycles. The van der Waals surface area contributed by atoms with Gasteiger partial charge in [0.1, 0.15) is 11.6 Å². The van der Waals surface area contributed by atoms with Gasteiger partial charge in [0, 0.05) is 36.4 Å². The number of esters is 1. The van der Waals surface area contributed by atoms with Gasteiger partial charge < -0.3 is 19.4 Å². The first-order chi connectivity index (χ1) is 18.9. The van der Waals surface area contributed by atoms with Gasteiger partial charge in [-0.15, -0.1) is 0 Å². The van der Waals surface area contributed by atoms with Crippen molar-refractivity contribution < 1.29 is 27.2 Å². The van der Waals surface area contributed by atoms with E-state index in [4.69, 9.17) is 9.15 Å². The maximum absolute atomic E-state index is 13.0. The average molecular weight is 564 g/mol. The number of furan rings is 1. The molecule has 0 radical (unpaired) electrons. The Balaban J connectivity index is 1.49. The predicted molar refractivity (Wildman–Crippen MR) is 156 cm³/mol. The van der Waals surface area contributed by atoms with E-state index < -0.39 is 22.0 Å². The van der Waals surface area contributed by atoms with Crippen molar-refractivity contribution in [1.29, 1.82) is 0 Å². The van der Waals surface area contributed by atoms with E-state index in [0.29, 0.717) is 11.3 Å². The third-order valence-electron chi connectivity index (χ3n) is 6.66. The summed E-state index contributed by atoms with van der Waals surface area (Å²) in [7, 11) is 1.17. The zero-order valence-corrected chi connectivity index (χ0v) is 24.1. The van der Waals surface area contributed by atoms with Crippen molar-refractivity contribution in [3.05, 3.63) is 78.1 Å². The molecule has 40 heavy (non-hydrogen) atoms. The number of nitrogens with one attached hydrogen (secondary N) is 2. The number of benzene rings is 3. The molecule has 1 aromatic heterocycles. The molecule has 1 amide bonds. The van der Waals surface area contributed by atoms with Gasteiger partial charge in [-0.1, -0.05) is 44.2 Å². The van der Waals surface area contributed by atoms with E-state index in [1.165, 1.54) is 19.2 Å². The van der Waals surface area contributed by atoms with Gasteiger partial charge in [-0.2, -0.15) is 4.72 Å². The quantitative estimate of drug-likeness (QED) is 0.269. The number of fused-ring (bicyclic) bond motifs is 1. The number of rotatable bonds is 9. The van der Waals surface area contributed by atoms with Gasteiger partial charge in [0.15, 0.2) is 5.76 Å². The molecule has 1 heterocycles. The molecule has 0 aliphatic heterocycles. The summed E-state index contributed by atoms with van der Waals surface area (Å²) in [4.78, 5) is 27.0. The van der Waals surface area contributed by atoms with E-state index in [1.54, 1.807) is 38.1 Å². The van der Waals surface area contributed by atoms with Crippen molar-refractivity contribution in [2.75, 3.05) is 31.4 Å². The molecule has 1 atom stereocenters. The first kappa shape index (κ1) is 28.8. The predicted octanol–water partition coefficient (Wildman–Crippen LogP) is 5.20. The van der Waals surface area contributed by atoms with Crippen molar-refractivity contribution in [2.24, 2.45) is 5.92 Å². The van der Waals surface area contributed by atoms with E-state index >= 15 is 0 Å². The highest BCUT2D eigenvalue weighted by Gasteiger charge is 2.29. The number of methoxy groups -OCH3 is 1. The maximum Gasteiger partial charge on any atom is 0.324 e. The third kappa shape index (κ3) is 5.88. The molecule has 0 spiro atoms. The summed E-state index contributed by atoms with van der Waals surface area (Å²) < 4.78 is 38.7. The third-order valence-corrected chi connectivity index (χ3v) is 8.12. The van der Waals surface area contributed by atoms with Crippen LogP contribution in [0.25, 0.3) is 22.1 Å². The molecule has 1 unspecified atom stereocenters. The number of anilines is 2. The van der Waals surface area contributed by atoms with Gasteiger partial charge in [0.25, 0.3) is 5.91 Å². The van der Waals surface area contributed by atoms with Crippen LogP contribution in [0.15, 0.2) is 76.0 Å². The maximum atomic E-state index is 13.0. The van der Waals surface area contributed by atoms with Crippen molar-refractivity contribution in [1.82, 2.24) is 4.72 Å². The first-order valence-electron chi connectivity index (χ1n) is 12.7. The highest BCUT2D eigenvalue weighted by molar-refractivity contribution is 7.89. The summed E-state index contributed by atoms with van der Waals surface area (Å²) in [6.07, 6.45) is 0. The average Bonchev–Trinajstić information content (AvgIpc) is 3.28. The molecule has 10 heteroatoms. The molecule has 0 fully saturated rings. The first-order valence-corrected chi connectivity index (χ1v) is 14.2. The smallest absolute Gasteiger partial charge is 0.324 e. The fraction of sp³-hybridized carbons (Fsp3) is 0.267. The summed E-state index contributed by atoms with van der Waals surface area (Å²) in [5.41, 5.74) is 4.60. The largest absolute Gasteiger partial charge is 0.468 e. The van der Waals surface area contributed by atoms with Gasteiger partial charge >= 0.3 is 5.97 Å². The zero-order chi connectivity index (χ0) is 29.2. The van der Waals surface area contributed by atoms with Crippen LogP contribution in [0.5, 0.6) is 0 Å². The number of nitrogens with zero attached hydrogens (tertiary/aromatic N) is 1. The van der Waals surface area contributed by atoms with E-state index in [0.717, 1.165) is 27.8 Å². The topological polar surface area (TPSA) is 118 Å². The van der Waals surface area contributed by atoms with Gasteiger partial charge in [-0.3, -0.25) is 9.59 Å². The summed E-state index contributed by atoms with van der Waals surface area (Å²) in [5, 5.41) is 3.79. The normalized spacial score (nSPS) is 12.4. The standard InChI is InChI=1S/C30H33N3O6S/c1-18(2)27(30(35)38-6)32-40(36,37)23-16-12-21(13-17-23)20-10-14-22(15-11-20)31-29(34)28-19(3)26-24(33(4)5)8-7-9-25(26)39-28/h7-18,27,32H,1-6H3,(H,31,34). The Morgan fingerprint density at radius 1 is 0.925 bits per heavy atom. The van der Waals surface area contributed by atoms with Crippen LogP contribution in [0.3, 0.4) is 0 Å². The summed E-state index contributed by atoms with van der Waals surface area (Å²) in [6.45, 7) is 5.34. The molecule has 0 saturated carbocycles. The van der Waals surface area contributed by atoms with Gasteiger partial charge in [-0.25, -0.2) is 8.42 Å². The Kier molecular flexibility index (Phi) is 8.32. The Bertz CT molecular complexity index is 1640. The van der Waals surface area contributed by atoms with Gasteiger partial charge in [0.05, 0.1) is 12.0 Å². The molecular weight excluding hydrogens is 530 g/mol. The molecule has 0 aliphatic rings. The lowest BCUT2D eigenvalue weighted by Gasteiger charge is -2.19. The van der Waals surface area contributed by atoms with Crippen molar-refractivity contribution in [2.45, 2.75) is 31.7 Å². The van der Waals surface area contributed by atoms with E-state index in [9.17, 15) is 18.0 Å². The Morgan fingerprint density at radius 2 is 1.52 bits per heavy atom. The second kappa shape index (κ2) is 11.5. The molecular formula is C30H33N3O6S. The van der Waals surface area contributed by atoms with E-state index in [-0.39, 0.29) is 22.5 Å². The minimum atomic E-state index is -3.94. The lowest BCUT2D eigenvalue weighted by atomic mass is 10.1. The van der Waals surface area contributed by atoms with Crippen LogP contribution in [0.2, 0.25) is 0 Å². The molecule has 4 rings (SSSR count). The van der Waals surface area contributed by atoms with Crippen LogP contribution >= 0.6 is 0 Å². The summed E-state index contributed by atoms with van der Waals surface area (Å²) in [5.74, 6) is -1.02. The molecule has 0 bridgehead atoms. The minimum Gasteiger partial charge on any atom is -0.468 e. The minimum absolute atomic E-state index is 0.0355. The summed E-state index contributed by atoms with van der Waals surface area (Å²) in [6, 6.07) is 18.3. The number of amides is 1. The molecule has 4 aromatic rings. The van der Waals surface area contributed by atoms with Gasteiger partial charge in [0.2, 0.25) is 10.0 Å². The Morgan fingerprint density at radius 3 is 2.08 bits per heavy atom. The number of carbonyl (C=O) groups excluding carboxylic acids is 2. The molecule has 0 aliphatic carbocycles. The fourth-order valence-electron chi connectivity index (χ4n) is 4.45. The van der Waals surface area contributed by atoms with Crippen LogP contribution in [0.1, 0.15) is 30.0 Å². The van der Waals surface area contributed by atoms with E-state index in [2.05, 4.69) is 10.0 Å². The number of hydrogen-bond acceptors (Lipinski definition) is 7. The Labute approximate surface area is 234 Å². The lowest BCUT2D eigenvalue weighted by Crippen LogP contribution is -2.44. The SMILES string of the molecule is COC(=O)C(NS(=O)(=O)c1ccc(-c2ccc(NC(=O)c3oc4cccc(N(C)C)c4c3C)cc2)cc1)C(C)C. The fourth-order valence-corrected chi connectivity index (χ4v) is 5.78. The highest BCUT2D eigenvalue weighted by atomic mass is 32.2. The number of aryl methyl sites for hydroxylation is 1. The van der Waals surface area contributed by atoms with Crippen molar-refractivity contribution >= 4 is 44.2 Å². The molecule has 9 nitrogen and oxygen atoms in total.